The Morgan fingerprint density at radius 1 is 1.16 bits per heavy atom. The third kappa shape index (κ3) is 3.66. The second-order valence-corrected chi connectivity index (χ2v) is 7.62. The van der Waals surface area contributed by atoms with Gasteiger partial charge in [-0.3, -0.25) is 9.59 Å². The molecule has 0 aromatic carbocycles. The molecule has 1 aromatic heterocycles. The minimum Gasteiger partial charge on any atom is -0.338 e. The number of nitrogens with one attached hydrogen (secondary N) is 1. The normalized spacial score (nSPS) is 20.0. The van der Waals surface area contributed by atoms with Crippen molar-refractivity contribution in [3.63, 3.8) is 0 Å². The highest BCUT2D eigenvalue weighted by molar-refractivity contribution is 5.94. The highest BCUT2D eigenvalue weighted by Gasteiger charge is 2.30. The zero-order valence-corrected chi connectivity index (χ0v) is 15.8. The summed E-state index contributed by atoms with van der Waals surface area (Å²) in [5.74, 6) is 1.45. The number of carbonyl (C=O) groups is 1. The Morgan fingerprint density at radius 2 is 1.76 bits per heavy atom. The molecule has 2 saturated heterocycles. The van der Waals surface area contributed by atoms with Gasteiger partial charge in [0.15, 0.2) is 0 Å². The van der Waals surface area contributed by atoms with E-state index in [4.69, 9.17) is 0 Å². The fourth-order valence-electron chi connectivity index (χ4n) is 4.66. The van der Waals surface area contributed by atoms with E-state index in [0.717, 1.165) is 68.5 Å². The van der Waals surface area contributed by atoms with Crippen LogP contribution in [0.5, 0.6) is 0 Å². The van der Waals surface area contributed by atoms with Gasteiger partial charge in [0.05, 0.1) is 0 Å². The van der Waals surface area contributed by atoms with Crippen LogP contribution in [0.3, 0.4) is 0 Å². The molecule has 2 aliphatic heterocycles. The van der Waals surface area contributed by atoms with Gasteiger partial charge in [0.25, 0.3) is 11.5 Å². The van der Waals surface area contributed by atoms with Gasteiger partial charge in [0.1, 0.15) is 5.56 Å². The van der Waals surface area contributed by atoms with Crippen LogP contribution in [0, 0.1) is 18.8 Å². The summed E-state index contributed by atoms with van der Waals surface area (Å²) in [6, 6.07) is 1.79. The predicted octanol–water partition coefficient (Wildman–Crippen LogP) is 2.11. The number of carbonyl (C=O) groups excluding carboxylic acids is 1. The van der Waals surface area contributed by atoms with Crippen molar-refractivity contribution < 1.29 is 4.79 Å². The first kappa shape index (κ1) is 18.2. The minimum absolute atomic E-state index is 0.0879. The molecule has 138 valence electrons. The Labute approximate surface area is 150 Å². The lowest BCUT2D eigenvalue weighted by atomic mass is 9.79. The van der Waals surface area contributed by atoms with E-state index in [1.54, 1.807) is 17.7 Å². The first-order valence-corrected chi connectivity index (χ1v) is 9.72. The van der Waals surface area contributed by atoms with Crippen LogP contribution in [0.2, 0.25) is 0 Å². The van der Waals surface area contributed by atoms with Gasteiger partial charge >= 0.3 is 0 Å². The Hall–Kier alpha value is -1.62. The molecule has 2 aliphatic rings. The van der Waals surface area contributed by atoms with Crippen LogP contribution < -0.4 is 10.9 Å². The third-order valence-corrected chi connectivity index (χ3v) is 6.20. The molecule has 0 unspecified atom stereocenters. The summed E-state index contributed by atoms with van der Waals surface area (Å²) < 4.78 is 1.64. The smallest absolute Gasteiger partial charge is 0.263 e. The van der Waals surface area contributed by atoms with Crippen LogP contribution in [-0.4, -0.2) is 41.6 Å². The first-order valence-electron chi connectivity index (χ1n) is 9.72. The number of hydrogen-bond donors (Lipinski definition) is 1. The molecule has 5 heteroatoms. The fraction of sp³-hybridized carbons (Fsp3) is 0.700. The maximum atomic E-state index is 12.9. The zero-order chi connectivity index (χ0) is 18.0. The van der Waals surface area contributed by atoms with Gasteiger partial charge in [-0.1, -0.05) is 6.92 Å². The van der Waals surface area contributed by atoms with Crippen LogP contribution in [-0.2, 0) is 13.5 Å². The van der Waals surface area contributed by atoms with Gasteiger partial charge < -0.3 is 14.8 Å². The van der Waals surface area contributed by atoms with E-state index in [9.17, 15) is 9.59 Å². The second-order valence-electron chi connectivity index (χ2n) is 7.62. The van der Waals surface area contributed by atoms with Gasteiger partial charge in [0.2, 0.25) is 0 Å². The Balaban J connectivity index is 1.70. The van der Waals surface area contributed by atoms with Crippen LogP contribution >= 0.6 is 0 Å². The summed E-state index contributed by atoms with van der Waals surface area (Å²) in [5.41, 5.74) is 2.20. The van der Waals surface area contributed by atoms with Crippen molar-refractivity contribution in [1.82, 2.24) is 14.8 Å². The Kier molecular flexibility index (Phi) is 5.62. The van der Waals surface area contributed by atoms with E-state index >= 15 is 0 Å². The molecule has 25 heavy (non-hydrogen) atoms. The average molecular weight is 345 g/mol. The predicted molar refractivity (Wildman–Crippen MR) is 100 cm³/mol. The van der Waals surface area contributed by atoms with Crippen molar-refractivity contribution in [2.24, 2.45) is 18.9 Å². The lowest BCUT2D eigenvalue weighted by Gasteiger charge is -2.37. The highest BCUT2D eigenvalue weighted by Crippen LogP contribution is 2.31. The van der Waals surface area contributed by atoms with Crippen molar-refractivity contribution >= 4 is 5.91 Å². The van der Waals surface area contributed by atoms with Gasteiger partial charge in [-0.25, -0.2) is 0 Å². The number of likely N-dealkylation sites (tertiary alicyclic amines) is 1. The monoisotopic (exact) mass is 345 g/mol. The zero-order valence-electron chi connectivity index (χ0n) is 15.8. The van der Waals surface area contributed by atoms with Gasteiger partial charge in [-0.05, 0) is 75.6 Å². The van der Waals surface area contributed by atoms with E-state index in [2.05, 4.69) is 5.32 Å². The molecule has 0 aliphatic carbocycles. The van der Waals surface area contributed by atoms with E-state index in [0.29, 0.717) is 5.56 Å². The molecule has 3 rings (SSSR count). The van der Waals surface area contributed by atoms with E-state index in [1.807, 2.05) is 18.7 Å². The highest BCUT2D eigenvalue weighted by atomic mass is 16.2. The summed E-state index contributed by atoms with van der Waals surface area (Å²) in [4.78, 5) is 27.4. The molecule has 5 nitrogen and oxygen atoms in total. The SMILES string of the molecule is CCc1c(C)cc(C(=O)N2CCC(C3CCNCC3)CC2)c(=O)n1C. The van der Waals surface area contributed by atoms with Crippen molar-refractivity contribution in [2.75, 3.05) is 26.2 Å². The maximum Gasteiger partial charge on any atom is 0.263 e. The largest absolute Gasteiger partial charge is 0.338 e. The molecule has 2 fully saturated rings. The van der Waals surface area contributed by atoms with Gasteiger partial charge in [-0.15, -0.1) is 0 Å². The topological polar surface area (TPSA) is 54.3 Å². The molecule has 1 N–H and O–H groups in total. The molecule has 0 radical (unpaired) electrons. The van der Waals surface area contributed by atoms with E-state index in [-0.39, 0.29) is 11.5 Å². The van der Waals surface area contributed by atoms with E-state index in [1.165, 1.54) is 12.8 Å². The summed E-state index contributed by atoms with van der Waals surface area (Å²) in [7, 11) is 1.77. The van der Waals surface area contributed by atoms with E-state index < -0.39 is 0 Å². The van der Waals surface area contributed by atoms with Gasteiger partial charge in [-0.2, -0.15) is 0 Å². The molecule has 1 aromatic rings. The van der Waals surface area contributed by atoms with Crippen LogP contribution in [0.25, 0.3) is 0 Å². The van der Waals surface area contributed by atoms with Crippen molar-refractivity contribution in [3.05, 3.63) is 33.2 Å². The number of amides is 1. The molecule has 0 spiro atoms. The minimum atomic E-state index is -0.159. The lowest BCUT2D eigenvalue weighted by Crippen LogP contribution is -2.44. The van der Waals surface area contributed by atoms with Crippen LogP contribution in [0.15, 0.2) is 10.9 Å². The summed E-state index contributed by atoms with van der Waals surface area (Å²) in [5, 5.41) is 3.43. The average Bonchev–Trinajstić information content (AvgIpc) is 2.65. The van der Waals surface area contributed by atoms with Crippen LogP contribution in [0.1, 0.15) is 54.2 Å². The molecule has 3 heterocycles. The number of rotatable bonds is 3. The molecular formula is C20H31N3O2. The van der Waals surface area contributed by atoms with Gasteiger partial charge in [0, 0.05) is 25.8 Å². The summed E-state index contributed by atoms with van der Waals surface area (Å²) in [6.07, 6.45) is 5.47. The molecule has 0 saturated carbocycles. The van der Waals surface area contributed by atoms with Crippen molar-refractivity contribution in [3.8, 4) is 0 Å². The lowest BCUT2D eigenvalue weighted by molar-refractivity contribution is 0.0639. The number of pyridine rings is 1. The Bertz CT molecular complexity index is 681. The quantitative estimate of drug-likeness (QED) is 0.913. The summed E-state index contributed by atoms with van der Waals surface area (Å²) in [6.45, 7) is 7.84. The Morgan fingerprint density at radius 3 is 2.36 bits per heavy atom. The number of aryl methyl sites for hydroxylation is 1. The molecule has 0 atom stereocenters. The molecular weight excluding hydrogens is 314 g/mol. The standard InChI is InChI=1S/C20H31N3O2/c1-4-18-14(2)13-17(19(24)22(18)3)20(25)23-11-7-16(8-12-23)15-5-9-21-10-6-15/h13,15-16,21H,4-12H2,1-3H3. The van der Waals surface area contributed by atoms with Crippen molar-refractivity contribution in [1.29, 1.82) is 0 Å². The number of nitrogens with zero attached hydrogens (tertiary/aromatic N) is 2. The molecule has 0 bridgehead atoms. The third-order valence-electron chi connectivity index (χ3n) is 6.20. The van der Waals surface area contributed by atoms with Crippen molar-refractivity contribution in [2.45, 2.75) is 46.0 Å². The molecule has 1 amide bonds. The summed E-state index contributed by atoms with van der Waals surface area (Å²) >= 11 is 0. The number of hydrogen-bond acceptors (Lipinski definition) is 3. The number of piperidine rings is 2. The first-order chi connectivity index (χ1) is 12.0. The fourth-order valence-corrected chi connectivity index (χ4v) is 4.66. The number of aromatic nitrogens is 1. The maximum absolute atomic E-state index is 12.9. The van der Waals surface area contributed by atoms with Crippen LogP contribution in [0.4, 0.5) is 0 Å². The second kappa shape index (κ2) is 7.73.